The van der Waals surface area contributed by atoms with Gasteiger partial charge in [0.05, 0.1) is 13.2 Å². The summed E-state index contributed by atoms with van der Waals surface area (Å²) in [6, 6.07) is 0.599. The largest absolute Gasteiger partial charge is 0.350 e. The molecule has 4 rings (SSSR count). The Bertz CT molecular complexity index is 337. The van der Waals surface area contributed by atoms with E-state index in [1.54, 1.807) is 0 Å². The van der Waals surface area contributed by atoms with E-state index >= 15 is 0 Å². The van der Waals surface area contributed by atoms with Gasteiger partial charge in [0.25, 0.3) is 0 Å². The van der Waals surface area contributed by atoms with Gasteiger partial charge in [-0.05, 0) is 63.6 Å². The fourth-order valence-corrected chi connectivity index (χ4v) is 5.09. The number of hydrogen-bond acceptors (Lipinski definition) is 4. The average Bonchev–Trinajstić information content (AvgIpc) is 3.11. The molecule has 0 aromatic rings. The van der Waals surface area contributed by atoms with Gasteiger partial charge in [-0.15, -0.1) is 0 Å². The quantitative estimate of drug-likeness (QED) is 0.766. The average molecular weight is 280 g/mol. The van der Waals surface area contributed by atoms with Gasteiger partial charge < -0.3 is 20.1 Å². The molecular formula is C16H28N2O2. The number of hydrogen-bond donors (Lipinski definition) is 2. The first kappa shape index (κ1) is 13.5. The molecule has 0 amide bonds. The van der Waals surface area contributed by atoms with Gasteiger partial charge in [-0.25, -0.2) is 0 Å². The number of ether oxygens (including phenoxy) is 2. The van der Waals surface area contributed by atoms with Crippen molar-refractivity contribution < 1.29 is 9.47 Å². The van der Waals surface area contributed by atoms with E-state index in [4.69, 9.17) is 9.47 Å². The van der Waals surface area contributed by atoms with Crippen molar-refractivity contribution in [1.82, 2.24) is 10.6 Å². The van der Waals surface area contributed by atoms with Crippen molar-refractivity contribution >= 4 is 0 Å². The molecule has 3 unspecified atom stereocenters. The lowest BCUT2D eigenvalue weighted by Gasteiger charge is -2.47. The van der Waals surface area contributed by atoms with Crippen LogP contribution in [0.1, 0.15) is 44.9 Å². The SMILES string of the molecule is C1COC2(C1)OCCC2C1CC2(CCNCC2)CCN1. The van der Waals surface area contributed by atoms with Crippen LogP contribution < -0.4 is 10.6 Å². The van der Waals surface area contributed by atoms with Crippen molar-refractivity contribution in [2.24, 2.45) is 11.3 Å². The summed E-state index contributed by atoms with van der Waals surface area (Å²) < 4.78 is 12.1. The Morgan fingerprint density at radius 3 is 2.50 bits per heavy atom. The molecule has 0 aromatic carbocycles. The van der Waals surface area contributed by atoms with Crippen LogP contribution in [0.4, 0.5) is 0 Å². The van der Waals surface area contributed by atoms with Crippen LogP contribution in [-0.2, 0) is 9.47 Å². The maximum absolute atomic E-state index is 6.07. The molecule has 2 spiro atoms. The van der Waals surface area contributed by atoms with Crippen LogP contribution >= 0.6 is 0 Å². The number of nitrogens with one attached hydrogen (secondary N) is 2. The van der Waals surface area contributed by atoms with Gasteiger partial charge in [0, 0.05) is 18.4 Å². The molecule has 0 saturated carbocycles. The van der Waals surface area contributed by atoms with Crippen molar-refractivity contribution in [2.45, 2.75) is 56.8 Å². The fourth-order valence-electron chi connectivity index (χ4n) is 5.09. The second kappa shape index (κ2) is 5.24. The minimum Gasteiger partial charge on any atom is -0.350 e. The summed E-state index contributed by atoms with van der Waals surface area (Å²) in [5.74, 6) is 0.334. The molecule has 0 bridgehead atoms. The van der Waals surface area contributed by atoms with Crippen LogP contribution in [0.5, 0.6) is 0 Å². The predicted octanol–water partition coefficient (Wildman–Crippen LogP) is 1.65. The first-order valence-corrected chi connectivity index (χ1v) is 8.54. The molecule has 0 aromatic heterocycles. The Kier molecular flexibility index (Phi) is 3.53. The van der Waals surface area contributed by atoms with Gasteiger partial charge in [0.15, 0.2) is 5.79 Å². The van der Waals surface area contributed by atoms with Crippen molar-refractivity contribution in [3.05, 3.63) is 0 Å². The van der Waals surface area contributed by atoms with E-state index in [0.717, 1.165) is 26.1 Å². The zero-order chi connectivity index (χ0) is 13.5. The molecular weight excluding hydrogens is 252 g/mol. The van der Waals surface area contributed by atoms with E-state index in [-0.39, 0.29) is 5.79 Å². The molecule has 0 aliphatic carbocycles. The monoisotopic (exact) mass is 280 g/mol. The lowest BCUT2D eigenvalue weighted by Crippen LogP contribution is -2.54. The Labute approximate surface area is 122 Å². The minimum atomic E-state index is -0.233. The molecule has 4 aliphatic heterocycles. The smallest absolute Gasteiger partial charge is 0.172 e. The number of rotatable bonds is 1. The Morgan fingerprint density at radius 2 is 1.70 bits per heavy atom. The molecule has 4 aliphatic rings. The summed E-state index contributed by atoms with van der Waals surface area (Å²) in [6.07, 6.45) is 8.83. The third-order valence-electron chi connectivity index (χ3n) is 6.22. The highest BCUT2D eigenvalue weighted by molar-refractivity contribution is 5.01. The molecule has 4 saturated heterocycles. The third kappa shape index (κ3) is 2.21. The summed E-state index contributed by atoms with van der Waals surface area (Å²) in [6.45, 7) is 5.36. The highest BCUT2D eigenvalue weighted by atomic mass is 16.7. The van der Waals surface area contributed by atoms with Crippen LogP contribution in [0, 0.1) is 11.3 Å². The second-order valence-corrected chi connectivity index (χ2v) is 7.27. The van der Waals surface area contributed by atoms with Gasteiger partial charge in [0.1, 0.15) is 0 Å². The van der Waals surface area contributed by atoms with Crippen molar-refractivity contribution in [2.75, 3.05) is 32.8 Å². The van der Waals surface area contributed by atoms with Crippen molar-refractivity contribution in [3.8, 4) is 0 Å². The van der Waals surface area contributed by atoms with Crippen molar-refractivity contribution in [3.63, 3.8) is 0 Å². The normalized spacial score (nSPS) is 44.4. The summed E-state index contributed by atoms with van der Waals surface area (Å²) in [4.78, 5) is 0. The van der Waals surface area contributed by atoms with Gasteiger partial charge >= 0.3 is 0 Å². The van der Waals surface area contributed by atoms with Crippen LogP contribution in [0.15, 0.2) is 0 Å². The molecule has 114 valence electrons. The number of piperidine rings is 2. The predicted molar refractivity (Wildman–Crippen MR) is 77.5 cm³/mol. The van der Waals surface area contributed by atoms with Crippen LogP contribution in [0.2, 0.25) is 0 Å². The standard InChI is InChI=1S/C16H28N2O2/c1-3-16(19-10-1)13(2-11-20-16)14-12-15(6-9-18-14)4-7-17-8-5-15/h13-14,17-18H,1-12H2. The molecule has 3 atom stereocenters. The van der Waals surface area contributed by atoms with E-state index in [1.807, 2.05) is 0 Å². The topological polar surface area (TPSA) is 42.5 Å². The van der Waals surface area contributed by atoms with E-state index in [2.05, 4.69) is 10.6 Å². The minimum absolute atomic E-state index is 0.233. The molecule has 4 fully saturated rings. The summed E-state index contributed by atoms with van der Waals surface area (Å²) in [5.41, 5.74) is 0.587. The Morgan fingerprint density at radius 1 is 0.900 bits per heavy atom. The summed E-state index contributed by atoms with van der Waals surface area (Å²) in [7, 11) is 0. The van der Waals surface area contributed by atoms with E-state index < -0.39 is 0 Å². The van der Waals surface area contributed by atoms with Gasteiger partial charge in [0.2, 0.25) is 0 Å². The fraction of sp³-hybridized carbons (Fsp3) is 1.00. The molecule has 4 heterocycles. The zero-order valence-corrected chi connectivity index (χ0v) is 12.5. The van der Waals surface area contributed by atoms with Crippen LogP contribution in [0.3, 0.4) is 0 Å². The first-order valence-electron chi connectivity index (χ1n) is 8.54. The Hall–Kier alpha value is -0.160. The first-order chi connectivity index (χ1) is 9.82. The highest BCUT2D eigenvalue weighted by Crippen LogP contribution is 2.48. The summed E-state index contributed by atoms with van der Waals surface area (Å²) >= 11 is 0. The lowest BCUT2D eigenvalue weighted by atomic mass is 9.67. The van der Waals surface area contributed by atoms with Gasteiger partial charge in [-0.2, -0.15) is 0 Å². The van der Waals surface area contributed by atoms with Crippen LogP contribution in [0.25, 0.3) is 0 Å². The maximum atomic E-state index is 6.07. The van der Waals surface area contributed by atoms with E-state index in [9.17, 15) is 0 Å². The van der Waals surface area contributed by atoms with E-state index in [0.29, 0.717) is 17.4 Å². The van der Waals surface area contributed by atoms with Crippen LogP contribution in [-0.4, -0.2) is 44.7 Å². The van der Waals surface area contributed by atoms with E-state index in [1.165, 1.54) is 51.7 Å². The molecule has 2 N–H and O–H groups in total. The molecule has 4 nitrogen and oxygen atoms in total. The molecule has 0 radical (unpaired) electrons. The van der Waals surface area contributed by atoms with Gasteiger partial charge in [-0.3, -0.25) is 0 Å². The second-order valence-electron chi connectivity index (χ2n) is 7.27. The van der Waals surface area contributed by atoms with Gasteiger partial charge in [-0.1, -0.05) is 0 Å². The summed E-state index contributed by atoms with van der Waals surface area (Å²) in [5, 5.41) is 7.32. The lowest BCUT2D eigenvalue weighted by molar-refractivity contribution is -0.208. The third-order valence-corrected chi connectivity index (χ3v) is 6.22. The Balaban J connectivity index is 1.50. The maximum Gasteiger partial charge on any atom is 0.172 e. The van der Waals surface area contributed by atoms with Crippen molar-refractivity contribution in [1.29, 1.82) is 0 Å². The zero-order valence-electron chi connectivity index (χ0n) is 12.5. The molecule has 20 heavy (non-hydrogen) atoms. The highest BCUT2D eigenvalue weighted by Gasteiger charge is 2.53. The molecule has 4 heteroatoms.